The summed E-state index contributed by atoms with van der Waals surface area (Å²) < 4.78 is 11.2. The molecule has 3 aromatic rings. The number of rotatable bonds is 7. The van der Waals surface area contributed by atoms with Crippen LogP contribution in [0.15, 0.2) is 65.1 Å². The smallest absolute Gasteiger partial charge is 0.118 e. The van der Waals surface area contributed by atoms with Crippen LogP contribution in [0.5, 0.6) is 11.5 Å². The van der Waals surface area contributed by atoms with Gasteiger partial charge >= 0.3 is 0 Å². The summed E-state index contributed by atoms with van der Waals surface area (Å²) in [7, 11) is 3.29. The van der Waals surface area contributed by atoms with E-state index in [1.807, 2.05) is 54.6 Å². The second-order valence-electron chi connectivity index (χ2n) is 6.45. The lowest BCUT2D eigenvalue weighted by Gasteiger charge is -2.27. The van der Waals surface area contributed by atoms with Gasteiger partial charge in [-0.25, -0.2) is 0 Å². The van der Waals surface area contributed by atoms with Crippen LogP contribution in [0, 0.1) is 11.3 Å². The fraction of sp³-hybridized carbons (Fsp3) is 0.174. The number of halogens is 2. The molecule has 3 aromatic carbocycles. The van der Waals surface area contributed by atoms with E-state index < -0.39 is 0 Å². The molecule has 0 aromatic heterocycles. The number of nitriles is 1. The highest BCUT2D eigenvalue weighted by molar-refractivity contribution is 9.10. The van der Waals surface area contributed by atoms with Crippen molar-refractivity contribution in [3.63, 3.8) is 0 Å². The third-order valence-corrected chi connectivity index (χ3v) is 5.40. The Hall–Kier alpha value is -2.68. The molecule has 29 heavy (non-hydrogen) atoms. The summed E-state index contributed by atoms with van der Waals surface area (Å²) in [6, 6.07) is 21.7. The molecule has 0 fully saturated rings. The largest absolute Gasteiger partial charge is 0.497 e. The van der Waals surface area contributed by atoms with Gasteiger partial charge in [-0.05, 0) is 63.5 Å². The van der Waals surface area contributed by atoms with Crippen LogP contribution in [-0.2, 0) is 13.1 Å². The molecule has 3 rings (SSSR count). The standard InChI is InChI=1S/C23H20BrClN2O2/c1-28-19-7-3-16(4-8-19)14-27(15-17-5-9-20(29-2)10-6-17)23-12-18(25)11-22(24)21(23)13-26/h3-12H,14-15H2,1-2H3. The number of benzene rings is 3. The van der Waals surface area contributed by atoms with Crippen LogP contribution in [-0.4, -0.2) is 14.2 Å². The second kappa shape index (κ2) is 9.69. The second-order valence-corrected chi connectivity index (χ2v) is 7.74. The Bertz CT molecular complexity index is 965. The Labute approximate surface area is 184 Å². The van der Waals surface area contributed by atoms with Gasteiger partial charge in [0, 0.05) is 22.6 Å². The summed E-state index contributed by atoms with van der Waals surface area (Å²) in [6.45, 7) is 1.22. The first-order valence-corrected chi connectivity index (χ1v) is 10.1. The van der Waals surface area contributed by atoms with Crippen LogP contribution in [0.25, 0.3) is 0 Å². The maximum absolute atomic E-state index is 9.73. The number of methoxy groups -OCH3 is 2. The molecule has 0 aliphatic heterocycles. The highest BCUT2D eigenvalue weighted by Gasteiger charge is 2.17. The van der Waals surface area contributed by atoms with Gasteiger partial charge in [0.05, 0.1) is 25.5 Å². The van der Waals surface area contributed by atoms with Gasteiger partial charge in [0.1, 0.15) is 17.6 Å². The number of ether oxygens (including phenoxy) is 2. The van der Waals surface area contributed by atoms with E-state index in [0.29, 0.717) is 28.1 Å². The van der Waals surface area contributed by atoms with Gasteiger partial charge in [-0.2, -0.15) is 5.26 Å². The Balaban J connectivity index is 1.99. The molecule has 0 radical (unpaired) electrons. The predicted molar refractivity (Wildman–Crippen MR) is 120 cm³/mol. The molecular formula is C23H20BrClN2O2. The van der Waals surface area contributed by atoms with Gasteiger partial charge in [0.15, 0.2) is 0 Å². The maximum atomic E-state index is 9.73. The zero-order valence-electron chi connectivity index (χ0n) is 16.2. The molecule has 4 nitrogen and oxygen atoms in total. The fourth-order valence-corrected chi connectivity index (χ4v) is 3.93. The Morgan fingerprint density at radius 1 is 0.897 bits per heavy atom. The molecule has 0 aliphatic carbocycles. The third kappa shape index (κ3) is 5.23. The lowest BCUT2D eigenvalue weighted by molar-refractivity contribution is 0.414. The molecule has 0 aliphatic rings. The highest BCUT2D eigenvalue weighted by atomic mass is 79.9. The highest BCUT2D eigenvalue weighted by Crippen LogP contribution is 2.33. The molecule has 0 N–H and O–H groups in total. The lowest BCUT2D eigenvalue weighted by Crippen LogP contribution is -2.23. The molecule has 0 amide bonds. The maximum Gasteiger partial charge on any atom is 0.118 e. The van der Waals surface area contributed by atoms with Gasteiger partial charge in [-0.15, -0.1) is 0 Å². The Morgan fingerprint density at radius 3 is 1.79 bits per heavy atom. The average Bonchev–Trinajstić information content (AvgIpc) is 2.74. The molecule has 0 heterocycles. The minimum Gasteiger partial charge on any atom is -0.497 e. The lowest BCUT2D eigenvalue weighted by atomic mass is 10.1. The fourth-order valence-electron chi connectivity index (χ4n) is 3.05. The van der Waals surface area contributed by atoms with Crippen LogP contribution in [0.3, 0.4) is 0 Å². The topological polar surface area (TPSA) is 45.5 Å². The number of anilines is 1. The van der Waals surface area contributed by atoms with Crippen molar-refractivity contribution in [1.82, 2.24) is 0 Å². The normalized spacial score (nSPS) is 10.3. The molecule has 0 atom stereocenters. The van der Waals surface area contributed by atoms with E-state index in [0.717, 1.165) is 28.3 Å². The van der Waals surface area contributed by atoms with Crippen LogP contribution in [0.4, 0.5) is 5.69 Å². The minimum absolute atomic E-state index is 0.552. The van der Waals surface area contributed by atoms with E-state index in [1.165, 1.54) is 0 Å². The molecule has 148 valence electrons. The summed E-state index contributed by atoms with van der Waals surface area (Å²) in [5.41, 5.74) is 3.52. The molecule has 0 unspecified atom stereocenters. The zero-order valence-corrected chi connectivity index (χ0v) is 18.5. The summed E-state index contributed by atoms with van der Waals surface area (Å²) >= 11 is 9.78. The molecule has 0 bridgehead atoms. The van der Waals surface area contributed by atoms with Crippen molar-refractivity contribution in [1.29, 1.82) is 5.26 Å². The van der Waals surface area contributed by atoms with Gasteiger partial charge < -0.3 is 14.4 Å². The molecule has 0 saturated heterocycles. The van der Waals surface area contributed by atoms with Crippen molar-refractivity contribution in [2.24, 2.45) is 0 Å². The van der Waals surface area contributed by atoms with Crippen LogP contribution in [0.2, 0.25) is 5.02 Å². The van der Waals surface area contributed by atoms with E-state index >= 15 is 0 Å². The molecular weight excluding hydrogens is 452 g/mol. The summed E-state index contributed by atoms with van der Waals surface area (Å²) in [4.78, 5) is 2.14. The zero-order chi connectivity index (χ0) is 20.8. The number of nitrogens with zero attached hydrogens (tertiary/aromatic N) is 2. The van der Waals surface area contributed by atoms with Crippen LogP contribution < -0.4 is 14.4 Å². The summed E-state index contributed by atoms with van der Waals surface area (Å²) in [5.74, 6) is 1.61. The van der Waals surface area contributed by atoms with Crippen LogP contribution in [0.1, 0.15) is 16.7 Å². The van der Waals surface area contributed by atoms with Crippen molar-refractivity contribution in [3.05, 3.63) is 86.8 Å². The van der Waals surface area contributed by atoms with Crippen molar-refractivity contribution in [2.45, 2.75) is 13.1 Å². The van der Waals surface area contributed by atoms with Gasteiger partial charge in [-0.3, -0.25) is 0 Å². The van der Waals surface area contributed by atoms with Gasteiger partial charge in [-0.1, -0.05) is 35.9 Å². The quantitative estimate of drug-likeness (QED) is 0.412. The first-order chi connectivity index (χ1) is 14.0. The number of hydrogen-bond acceptors (Lipinski definition) is 4. The summed E-state index contributed by atoms with van der Waals surface area (Å²) in [5, 5.41) is 10.3. The van der Waals surface area contributed by atoms with Crippen molar-refractivity contribution < 1.29 is 9.47 Å². The number of hydrogen-bond donors (Lipinski definition) is 0. The van der Waals surface area contributed by atoms with Crippen molar-refractivity contribution in [3.8, 4) is 17.6 Å². The van der Waals surface area contributed by atoms with E-state index in [2.05, 4.69) is 26.9 Å². The van der Waals surface area contributed by atoms with Gasteiger partial charge in [0.2, 0.25) is 0 Å². The first-order valence-electron chi connectivity index (χ1n) is 8.94. The monoisotopic (exact) mass is 470 g/mol. The SMILES string of the molecule is COc1ccc(CN(Cc2ccc(OC)cc2)c2cc(Cl)cc(Br)c2C#N)cc1. The van der Waals surface area contributed by atoms with Crippen molar-refractivity contribution in [2.75, 3.05) is 19.1 Å². The molecule has 6 heteroatoms. The Kier molecular flexibility index (Phi) is 7.03. The summed E-state index contributed by atoms with van der Waals surface area (Å²) in [6.07, 6.45) is 0. The minimum atomic E-state index is 0.552. The molecule has 0 saturated carbocycles. The molecule has 0 spiro atoms. The van der Waals surface area contributed by atoms with Crippen LogP contribution >= 0.6 is 27.5 Å². The first kappa shape index (κ1) is 21.0. The van der Waals surface area contributed by atoms with E-state index in [9.17, 15) is 5.26 Å². The Morgan fingerprint density at radius 2 is 1.38 bits per heavy atom. The van der Waals surface area contributed by atoms with E-state index in [4.69, 9.17) is 21.1 Å². The van der Waals surface area contributed by atoms with E-state index in [-0.39, 0.29) is 0 Å². The predicted octanol–water partition coefficient (Wildman–Crippen LogP) is 6.20. The third-order valence-electron chi connectivity index (χ3n) is 4.55. The van der Waals surface area contributed by atoms with Crippen molar-refractivity contribution >= 4 is 33.2 Å². The van der Waals surface area contributed by atoms with Gasteiger partial charge in [0.25, 0.3) is 0 Å². The van der Waals surface area contributed by atoms with E-state index in [1.54, 1.807) is 20.3 Å². The average molecular weight is 472 g/mol.